The van der Waals surface area contributed by atoms with Crippen LogP contribution in [0.1, 0.15) is 131 Å². The molecule has 0 saturated carbocycles. The van der Waals surface area contributed by atoms with Crippen molar-refractivity contribution < 1.29 is 14.2 Å². The molecule has 0 aliphatic heterocycles. The van der Waals surface area contributed by atoms with Gasteiger partial charge in [-0.15, -0.1) is 0 Å². The maximum Gasteiger partial charge on any atom is 0.240 e. The quantitative estimate of drug-likeness (QED) is 0.0311. The molecule has 0 fully saturated rings. The molecule has 0 N–H and O–H groups in total. The molecule has 0 amide bonds. The second-order valence-corrected chi connectivity index (χ2v) is 38.3. The second-order valence-electron chi connectivity index (χ2n) is 12.8. The molecule has 48 heavy (non-hydrogen) atoms. The first-order valence-corrected chi connectivity index (χ1v) is 33.8. The number of hydrogen-bond donors (Lipinski definition) is 0. The van der Waals surface area contributed by atoms with Crippen molar-refractivity contribution >= 4 is 52.3 Å². The molecule has 0 unspecified atom stereocenters. The van der Waals surface area contributed by atoms with Crippen LogP contribution < -0.4 is 3.78 Å². The first-order valence-electron chi connectivity index (χ1n) is 18.8. The van der Waals surface area contributed by atoms with E-state index in [-0.39, 0.29) is 11.5 Å². The van der Waals surface area contributed by atoms with Gasteiger partial charge in [-0.2, -0.15) is 4.99 Å². The Morgan fingerprint density at radius 1 is 0.771 bits per heavy atom. The topological polar surface area (TPSA) is 98.6 Å². The number of isocyanates is 1. The number of rotatable bonds is 21. The summed E-state index contributed by atoms with van der Waals surface area (Å²) in [5.41, 5.74) is 1.72. The molecule has 1 aromatic carbocycles. The summed E-state index contributed by atoms with van der Waals surface area (Å²) in [4.78, 5) is 21.9. The molecule has 1 aromatic heterocycles. The Kier molecular flexibility index (Phi) is 32.9. The van der Waals surface area contributed by atoms with Crippen LogP contribution in [0.5, 0.6) is 0 Å². The van der Waals surface area contributed by atoms with Crippen molar-refractivity contribution in [3.05, 3.63) is 52.2 Å². The zero-order chi connectivity index (χ0) is 36.5. The van der Waals surface area contributed by atoms with Gasteiger partial charge in [-0.3, -0.25) is 10.1 Å². The van der Waals surface area contributed by atoms with Gasteiger partial charge in [0.15, 0.2) is 0 Å². The first kappa shape index (κ1) is 48.5. The summed E-state index contributed by atoms with van der Waals surface area (Å²) in [6.07, 6.45) is 23.5. The first-order chi connectivity index (χ1) is 23.1. The Labute approximate surface area is 302 Å². The minimum atomic E-state index is -2.30. The van der Waals surface area contributed by atoms with Crippen molar-refractivity contribution in [2.75, 3.05) is 6.54 Å². The zero-order valence-corrected chi connectivity index (χ0v) is 37.7. The Bertz CT molecular complexity index is 1080. The fourth-order valence-corrected chi connectivity index (χ4v) is 33.0. The van der Waals surface area contributed by atoms with E-state index in [2.05, 4.69) is 68.6 Å². The van der Waals surface area contributed by atoms with Crippen molar-refractivity contribution in [1.29, 1.82) is 0 Å². The molecule has 2 aromatic rings. The number of benzene rings is 1. The van der Waals surface area contributed by atoms with E-state index in [9.17, 15) is 14.9 Å². The molecule has 0 bridgehead atoms. The van der Waals surface area contributed by atoms with Crippen LogP contribution in [0.25, 0.3) is 0 Å². The van der Waals surface area contributed by atoms with Crippen LogP contribution in [-0.4, -0.2) is 59.5 Å². The van der Waals surface area contributed by atoms with Crippen molar-refractivity contribution in [2.45, 2.75) is 159 Å². The SMILES string of the molecule is C#[C][Sn]([CH2]CCC)([CH2]CCC)[CH2]CCC.CCC[CH2][Sn]([CH2]CCC)([CH2]CCC)[c]1cc(C)no1.CC[N+](=O)[O-].O=C=Nc1ccccc1. The Morgan fingerprint density at radius 3 is 1.46 bits per heavy atom. The maximum atomic E-state index is 9.68. The van der Waals surface area contributed by atoms with Gasteiger partial charge in [0.05, 0.1) is 5.69 Å². The van der Waals surface area contributed by atoms with Crippen LogP contribution in [0.2, 0.25) is 26.6 Å². The molecule has 0 saturated heterocycles. The molecule has 0 spiro atoms. The Morgan fingerprint density at radius 2 is 1.17 bits per heavy atom. The predicted molar refractivity (Wildman–Crippen MR) is 211 cm³/mol. The third-order valence-electron chi connectivity index (χ3n) is 8.70. The van der Waals surface area contributed by atoms with E-state index in [1.54, 1.807) is 12.1 Å². The summed E-state index contributed by atoms with van der Waals surface area (Å²) in [6, 6.07) is 11.2. The molecule has 2 rings (SSSR count). The molecule has 272 valence electrons. The van der Waals surface area contributed by atoms with E-state index < -0.39 is 36.8 Å². The van der Waals surface area contributed by atoms with Crippen molar-refractivity contribution in [3.8, 4) is 10.4 Å². The van der Waals surface area contributed by atoms with Crippen LogP contribution in [0.15, 0.2) is 45.9 Å². The van der Waals surface area contributed by atoms with Crippen molar-refractivity contribution in [1.82, 2.24) is 5.16 Å². The predicted octanol–water partition coefficient (Wildman–Crippen LogP) is 12.0. The fourth-order valence-electron chi connectivity index (χ4n) is 5.60. The number of unbranched alkanes of at least 4 members (excludes halogenated alkanes) is 6. The molecular formula is C39H69N3O4Sn2. The van der Waals surface area contributed by atoms with Gasteiger partial charge in [-0.1, -0.05) is 18.2 Å². The third kappa shape index (κ3) is 23.7. The average Bonchev–Trinajstić information content (AvgIpc) is 3.56. The Balaban J connectivity index is 0. The van der Waals surface area contributed by atoms with E-state index in [1.807, 2.05) is 18.2 Å². The van der Waals surface area contributed by atoms with Crippen molar-refractivity contribution in [3.63, 3.8) is 0 Å². The van der Waals surface area contributed by atoms with E-state index in [1.165, 1.54) is 120 Å². The number of aryl methyl sites for hydroxylation is 1. The number of nitro groups is 1. The number of terminal acetylenes is 1. The number of carbonyl (C=O) groups excluding carboxylic acids is 1. The van der Waals surface area contributed by atoms with E-state index in [0.717, 1.165) is 5.69 Å². The van der Waals surface area contributed by atoms with Crippen LogP contribution in [-0.2, 0) is 4.79 Å². The smallest absolute Gasteiger partial charge is 0.240 e. The zero-order valence-electron chi connectivity index (χ0n) is 32.0. The van der Waals surface area contributed by atoms with Crippen LogP contribution in [0, 0.1) is 27.4 Å². The molecule has 0 atom stereocenters. The number of nitrogens with zero attached hydrogens (tertiary/aromatic N) is 3. The minimum absolute atomic E-state index is 0.0278. The van der Waals surface area contributed by atoms with Gasteiger partial charge in [-0.25, -0.2) is 4.79 Å². The summed E-state index contributed by atoms with van der Waals surface area (Å²) in [5, 5.41) is 13.4. The summed E-state index contributed by atoms with van der Waals surface area (Å²) in [5.74, 6) is 0. The third-order valence-corrected chi connectivity index (χ3v) is 36.5. The number of aliphatic imine (C=N–C) groups is 1. The normalized spacial score (nSPS) is 10.6. The van der Waals surface area contributed by atoms with Gasteiger partial charge < -0.3 is 0 Å². The van der Waals surface area contributed by atoms with Gasteiger partial charge in [-0.05, 0) is 12.1 Å². The van der Waals surface area contributed by atoms with Gasteiger partial charge >= 0.3 is 224 Å². The monoisotopic (exact) mass is 883 g/mol. The number of para-hydroxylation sites is 1. The molecule has 9 heteroatoms. The van der Waals surface area contributed by atoms with E-state index in [4.69, 9.17) is 10.9 Å². The summed E-state index contributed by atoms with van der Waals surface area (Å²) in [6.45, 7) is 17.4. The average molecular weight is 881 g/mol. The molecular weight excluding hydrogens is 812 g/mol. The van der Waals surface area contributed by atoms with Gasteiger partial charge in [0, 0.05) is 11.8 Å². The molecule has 1 heterocycles. The van der Waals surface area contributed by atoms with Gasteiger partial charge in [0.2, 0.25) is 12.6 Å². The van der Waals surface area contributed by atoms with Gasteiger partial charge in [0.25, 0.3) is 0 Å². The van der Waals surface area contributed by atoms with Crippen molar-refractivity contribution in [2.24, 2.45) is 4.99 Å². The Hall–Kier alpha value is -1.63. The van der Waals surface area contributed by atoms with Crippen LogP contribution in [0.4, 0.5) is 5.69 Å². The fraction of sp³-hybridized carbons (Fsp3) is 0.692. The largest absolute Gasteiger partial charge is 0.265 e. The molecule has 7 nitrogen and oxygen atoms in total. The number of hydrogen-bond acceptors (Lipinski definition) is 6. The standard InChI is InChI=1S/C7H5NO.C4H4NO.6C4H9.C2H5NO2.C2H.2Sn/c9-6-8-7-4-2-1-3-5-7;1-4-2-3-6-5-4;6*1-3-4-2;1-2-3(4)5;1-2;;/h1-5H;2H,1H3;6*1,3-4H2,2H3;2H2,1H3;1H;;. The number of aromatic nitrogens is 1. The van der Waals surface area contributed by atoms with Crippen LogP contribution in [0.3, 0.4) is 0 Å². The molecule has 0 radical (unpaired) electrons. The molecule has 0 aliphatic carbocycles. The van der Waals surface area contributed by atoms with Gasteiger partial charge in [0.1, 0.15) is 0 Å². The summed E-state index contributed by atoms with van der Waals surface area (Å²) in [7, 11) is 0. The maximum absolute atomic E-state index is 9.68. The summed E-state index contributed by atoms with van der Waals surface area (Å²) < 4.78 is 19.2. The second kappa shape index (κ2) is 32.6. The van der Waals surface area contributed by atoms with Crippen LogP contribution >= 0.6 is 0 Å². The van der Waals surface area contributed by atoms with E-state index in [0.29, 0.717) is 5.69 Å². The molecule has 0 aliphatic rings. The van der Waals surface area contributed by atoms with E-state index >= 15 is 0 Å². The minimum Gasteiger partial charge on any atom is -0.265 e. The summed E-state index contributed by atoms with van der Waals surface area (Å²) >= 11 is -4.39.